The largest absolute Gasteiger partial charge is 0.490 e. The number of nitrogens with one attached hydrogen (secondary N) is 1. The third kappa shape index (κ3) is 6.48. The van der Waals surface area contributed by atoms with Crippen molar-refractivity contribution < 1.29 is 27.8 Å². The molecule has 1 spiro atoms. The molecular weight excluding hydrogens is 576 g/mol. The highest BCUT2D eigenvalue weighted by Gasteiger charge is 2.43. The standard InChI is InChI=1S/C32H41ClN2O6S/c1-20(21(2)42(38)39)13-30(36)34-16-24-6-7-25(24)17-35-18-32(12-4-5-22-14-26(33)9-10-27(22)32)19-41-29-11-8-23(15-28(29)35)31(37)40-3/h8-11,14-15,20-21,24-25H,4-7,12-13,16-19H2,1-3H3,(H,34,36)(H,38,39)/t20-,21-,24-,25-,32-/m0/s1. The van der Waals surface area contributed by atoms with Gasteiger partial charge >= 0.3 is 5.97 Å². The first-order chi connectivity index (χ1) is 20.1. The number of hydrogen-bond acceptors (Lipinski definition) is 6. The van der Waals surface area contributed by atoms with Crippen molar-refractivity contribution in [3.8, 4) is 5.75 Å². The summed E-state index contributed by atoms with van der Waals surface area (Å²) in [7, 11) is 1.39. The second-order valence-corrected chi connectivity index (χ2v) is 14.1. The maximum Gasteiger partial charge on any atom is 0.337 e. The molecule has 0 saturated heterocycles. The molecule has 1 heterocycles. The zero-order valence-electron chi connectivity index (χ0n) is 24.6. The molecule has 0 aromatic heterocycles. The van der Waals surface area contributed by atoms with E-state index >= 15 is 0 Å². The fourth-order valence-electron chi connectivity index (χ4n) is 6.76. The van der Waals surface area contributed by atoms with E-state index in [0.29, 0.717) is 30.6 Å². The van der Waals surface area contributed by atoms with E-state index in [4.69, 9.17) is 21.1 Å². The molecule has 10 heteroatoms. The lowest BCUT2D eigenvalue weighted by Crippen LogP contribution is -2.49. The van der Waals surface area contributed by atoms with Gasteiger partial charge in [-0.05, 0) is 98.2 Å². The minimum atomic E-state index is -1.95. The number of benzene rings is 2. The molecular formula is C32H41ClN2O6S. The summed E-state index contributed by atoms with van der Waals surface area (Å²) in [5.74, 6) is 0.803. The molecule has 2 N–H and O–H groups in total. The lowest BCUT2D eigenvalue weighted by atomic mass is 9.69. The lowest BCUT2D eigenvalue weighted by Gasteiger charge is -2.44. The number of aryl methyl sites for hydroxylation is 1. The second-order valence-electron chi connectivity index (χ2n) is 12.3. The van der Waals surface area contributed by atoms with Crippen LogP contribution in [0.15, 0.2) is 36.4 Å². The van der Waals surface area contributed by atoms with Crippen LogP contribution in [0.25, 0.3) is 0 Å². The minimum absolute atomic E-state index is 0.0851. The number of esters is 1. The molecule has 8 nitrogen and oxygen atoms in total. The van der Waals surface area contributed by atoms with E-state index in [1.807, 2.05) is 25.1 Å². The van der Waals surface area contributed by atoms with Gasteiger partial charge in [0.2, 0.25) is 5.91 Å². The SMILES string of the molecule is COC(=O)c1ccc2c(c1)N(C[C@@H]1CC[C@H]1CNC(=O)C[C@H](C)[C@H](C)S(=O)O)C[C@@]1(CCCc3cc(Cl)ccc31)CO2. The summed E-state index contributed by atoms with van der Waals surface area (Å²) >= 11 is 4.43. The zero-order valence-corrected chi connectivity index (χ0v) is 26.1. The molecule has 2 aromatic rings. The van der Waals surface area contributed by atoms with Crippen molar-refractivity contribution in [2.24, 2.45) is 17.8 Å². The van der Waals surface area contributed by atoms with Crippen molar-refractivity contribution in [1.82, 2.24) is 5.32 Å². The van der Waals surface area contributed by atoms with Crippen molar-refractivity contribution in [2.75, 3.05) is 38.3 Å². The van der Waals surface area contributed by atoms with Crippen molar-refractivity contribution in [1.29, 1.82) is 0 Å². The summed E-state index contributed by atoms with van der Waals surface area (Å²) < 4.78 is 32.3. The second kappa shape index (κ2) is 12.9. The summed E-state index contributed by atoms with van der Waals surface area (Å²) in [6.07, 6.45) is 5.35. The van der Waals surface area contributed by atoms with E-state index < -0.39 is 16.3 Å². The molecule has 228 valence electrons. The van der Waals surface area contributed by atoms with Gasteiger partial charge in [0.05, 0.1) is 30.2 Å². The number of carbonyl (C=O) groups is 2. The van der Waals surface area contributed by atoms with Crippen LogP contribution in [-0.4, -0.2) is 59.2 Å². The van der Waals surface area contributed by atoms with Crippen molar-refractivity contribution in [2.45, 2.75) is 63.0 Å². The van der Waals surface area contributed by atoms with Crippen LogP contribution < -0.4 is 15.0 Å². The molecule has 1 unspecified atom stereocenters. The van der Waals surface area contributed by atoms with Crippen LogP contribution in [0.2, 0.25) is 5.02 Å². The Balaban J connectivity index is 1.36. The van der Waals surface area contributed by atoms with E-state index in [2.05, 4.69) is 22.3 Å². The van der Waals surface area contributed by atoms with E-state index in [-0.39, 0.29) is 29.6 Å². The molecule has 5 rings (SSSR count). The number of hydrogen-bond donors (Lipinski definition) is 2. The average molecular weight is 617 g/mol. The zero-order chi connectivity index (χ0) is 30.0. The smallest absolute Gasteiger partial charge is 0.337 e. The molecule has 42 heavy (non-hydrogen) atoms. The van der Waals surface area contributed by atoms with E-state index in [1.165, 1.54) is 18.2 Å². The Hall–Kier alpha value is -2.62. The van der Waals surface area contributed by atoms with Gasteiger partial charge in [-0.1, -0.05) is 24.6 Å². The number of nitrogens with zero attached hydrogens (tertiary/aromatic N) is 1. The first-order valence-corrected chi connectivity index (χ1v) is 16.4. The van der Waals surface area contributed by atoms with Crippen LogP contribution in [0.1, 0.15) is 67.4 Å². The van der Waals surface area contributed by atoms with E-state index in [0.717, 1.165) is 61.7 Å². The van der Waals surface area contributed by atoms with Gasteiger partial charge in [0.1, 0.15) is 5.75 Å². The summed E-state index contributed by atoms with van der Waals surface area (Å²) in [5, 5.41) is 3.37. The summed E-state index contributed by atoms with van der Waals surface area (Å²) in [5.41, 5.74) is 3.73. The molecule has 1 fully saturated rings. The highest BCUT2D eigenvalue weighted by Crippen LogP contribution is 2.46. The Morgan fingerprint density at radius 2 is 2.00 bits per heavy atom. The third-order valence-corrected chi connectivity index (χ3v) is 11.0. The van der Waals surface area contributed by atoms with Crippen LogP contribution in [-0.2, 0) is 32.4 Å². The van der Waals surface area contributed by atoms with Gasteiger partial charge in [0.15, 0.2) is 11.1 Å². The Morgan fingerprint density at radius 3 is 2.71 bits per heavy atom. The molecule has 3 aliphatic rings. The quantitative estimate of drug-likeness (QED) is 0.288. The third-order valence-electron chi connectivity index (χ3n) is 9.68. The first kappa shape index (κ1) is 30.8. The molecule has 2 aromatic carbocycles. The van der Waals surface area contributed by atoms with Crippen LogP contribution in [0, 0.1) is 17.8 Å². The number of halogens is 1. The number of carbonyl (C=O) groups excluding carboxylic acids is 2. The molecule has 2 aliphatic carbocycles. The Labute approximate surface area is 255 Å². The average Bonchev–Trinajstić information content (AvgIpc) is 3.11. The van der Waals surface area contributed by atoms with Gasteiger partial charge in [0, 0.05) is 36.5 Å². The molecule has 0 bridgehead atoms. The summed E-state index contributed by atoms with van der Waals surface area (Å²) in [4.78, 5) is 27.5. The summed E-state index contributed by atoms with van der Waals surface area (Å²) in [6, 6.07) is 11.7. The topological polar surface area (TPSA) is 105 Å². The molecule has 1 amide bonds. The number of methoxy groups -OCH3 is 1. The highest BCUT2D eigenvalue weighted by molar-refractivity contribution is 7.79. The van der Waals surface area contributed by atoms with Crippen molar-refractivity contribution in [3.63, 3.8) is 0 Å². The minimum Gasteiger partial charge on any atom is -0.490 e. The molecule has 6 atom stereocenters. The van der Waals surface area contributed by atoms with Crippen LogP contribution in [0.4, 0.5) is 5.69 Å². The van der Waals surface area contributed by atoms with Gasteiger partial charge in [-0.2, -0.15) is 0 Å². The molecule has 0 radical (unpaired) electrons. The number of ether oxygens (including phenoxy) is 2. The van der Waals surface area contributed by atoms with Gasteiger partial charge < -0.3 is 24.2 Å². The predicted molar refractivity (Wildman–Crippen MR) is 165 cm³/mol. The van der Waals surface area contributed by atoms with Crippen LogP contribution in [0.3, 0.4) is 0 Å². The Bertz CT molecular complexity index is 1350. The number of fused-ring (bicyclic) bond motifs is 3. The monoisotopic (exact) mass is 616 g/mol. The Kier molecular flexibility index (Phi) is 9.50. The van der Waals surface area contributed by atoms with Gasteiger partial charge in [-0.25, -0.2) is 9.00 Å². The molecule has 1 aliphatic heterocycles. The van der Waals surface area contributed by atoms with Crippen molar-refractivity contribution >= 4 is 40.2 Å². The Morgan fingerprint density at radius 1 is 1.21 bits per heavy atom. The number of rotatable bonds is 9. The fraction of sp³-hybridized carbons (Fsp3) is 0.562. The van der Waals surface area contributed by atoms with Crippen molar-refractivity contribution in [3.05, 3.63) is 58.1 Å². The van der Waals surface area contributed by atoms with Gasteiger partial charge in [0.25, 0.3) is 0 Å². The maximum absolute atomic E-state index is 12.6. The number of amides is 1. The normalized spacial score (nSPS) is 25.1. The number of anilines is 1. The first-order valence-electron chi connectivity index (χ1n) is 14.9. The van der Waals surface area contributed by atoms with Crippen LogP contribution >= 0.6 is 11.6 Å². The van der Waals surface area contributed by atoms with E-state index in [9.17, 15) is 18.4 Å². The molecule has 1 saturated carbocycles. The highest BCUT2D eigenvalue weighted by atomic mass is 35.5. The predicted octanol–water partition coefficient (Wildman–Crippen LogP) is 5.38. The summed E-state index contributed by atoms with van der Waals surface area (Å²) in [6.45, 7) is 6.18. The maximum atomic E-state index is 12.6. The van der Waals surface area contributed by atoms with E-state index in [1.54, 1.807) is 13.0 Å². The van der Waals surface area contributed by atoms with Gasteiger partial charge in [-0.3, -0.25) is 4.79 Å². The fourth-order valence-corrected chi connectivity index (χ4v) is 7.45. The van der Waals surface area contributed by atoms with Crippen LogP contribution in [0.5, 0.6) is 5.75 Å². The lowest BCUT2D eigenvalue weighted by molar-refractivity contribution is -0.122. The van der Waals surface area contributed by atoms with Gasteiger partial charge in [-0.15, -0.1) is 0 Å².